The number of aliphatic imine (C=N–C) groups is 1. The van der Waals surface area contributed by atoms with Crippen LogP contribution in [0.15, 0.2) is 11.2 Å². The summed E-state index contributed by atoms with van der Waals surface area (Å²) in [6, 6.07) is -0.165. The summed E-state index contributed by atoms with van der Waals surface area (Å²) in [4.78, 5) is 5.42. The van der Waals surface area contributed by atoms with Crippen molar-refractivity contribution in [3.05, 3.63) is 16.8 Å². The molecule has 2 aliphatic heterocycles. The first-order chi connectivity index (χ1) is 7.53. The maximum atomic E-state index is 10.6. The van der Waals surface area contributed by atoms with Crippen LogP contribution >= 0.6 is 0 Å². The fourth-order valence-electron chi connectivity index (χ4n) is 1.63. The van der Waals surface area contributed by atoms with E-state index in [1.165, 1.54) is 4.90 Å². The van der Waals surface area contributed by atoms with Crippen molar-refractivity contribution in [3.8, 4) is 0 Å². The van der Waals surface area contributed by atoms with E-state index in [2.05, 4.69) is 19.4 Å². The number of hydrogen-bond acceptors (Lipinski definition) is 6. The Bertz CT molecular complexity index is 701. The van der Waals surface area contributed by atoms with E-state index in [-0.39, 0.29) is 6.02 Å². The number of amidine groups is 1. The van der Waals surface area contributed by atoms with Gasteiger partial charge < -0.3 is 4.18 Å². The molecule has 1 aromatic rings. The first-order valence-corrected chi connectivity index (χ1v) is 5.66. The molecule has 3 heterocycles. The minimum absolute atomic E-state index is 0.165. The van der Waals surface area contributed by atoms with Gasteiger partial charge in [0.25, 0.3) is 0 Å². The lowest BCUT2D eigenvalue weighted by Crippen LogP contribution is -2.36. The van der Waals surface area contributed by atoms with E-state index in [0.717, 1.165) is 10.6 Å². The summed E-state index contributed by atoms with van der Waals surface area (Å²) in [6.45, 7) is 0.400. The third kappa shape index (κ3) is 1.37. The lowest BCUT2D eigenvalue weighted by Gasteiger charge is -2.13. The number of fused-ring (bicyclic) bond motifs is 3. The zero-order valence-electron chi connectivity index (χ0n) is 7.78. The van der Waals surface area contributed by atoms with Gasteiger partial charge in [-0.1, -0.05) is 0 Å². The summed E-state index contributed by atoms with van der Waals surface area (Å²) < 4.78 is 34.0. The van der Waals surface area contributed by atoms with E-state index in [1.807, 2.05) is 0 Å². The average Bonchev–Trinajstić information content (AvgIpc) is 2.72. The molecule has 16 heavy (non-hydrogen) atoms. The van der Waals surface area contributed by atoms with Crippen molar-refractivity contribution in [1.29, 1.82) is 0 Å². The zero-order chi connectivity index (χ0) is 11.3. The highest BCUT2D eigenvalue weighted by atomic mass is 32.3. The van der Waals surface area contributed by atoms with Crippen LogP contribution in [0.2, 0.25) is 0 Å². The molecule has 1 aromatic heterocycles. The van der Waals surface area contributed by atoms with Crippen LogP contribution in [0.1, 0.15) is 0 Å². The molecule has 0 fully saturated rings. The Hall–Kier alpha value is -1.87. The van der Waals surface area contributed by atoms with E-state index >= 15 is 0 Å². The second kappa shape index (κ2) is 2.83. The van der Waals surface area contributed by atoms with Crippen LogP contribution in [0, 0.1) is 0 Å². The highest BCUT2D eigenvalue weighted by molar-refractivity contribution is 7.81. The second-order valence-electron chi connectivity index (χ2n) is 3.31. The van der Waals surface area contributed by atoms with Crippen molar-refractivity contribution in [2.24, 2.45) is 4.99 Å². The molecule has 84 valence electrons. The SMILES string of the molecule is O=S(=O)(O)OC1=NC2=c3cn[nH]c3=CN1C2. The number of aromatic nitrogens is 2. The lowest BCUT2D eigenvalue weighted by atomic mass is 10.3. The molecule has 2 N–H and O–H groups in total. The maximum Gasteiger partial charge on any atom is 0.449 e. The molecule has 0 aliphatic carbocycles. The Balaban J connectivity index is 2.11. The fraction of sp³-hybridized carbons (Fsp3) is 0.143. The van der Waals surface area contributed by atoms with E-state index in [4.69, 9.17) is 4.55 Å². The van der Waals surface area contributed by atoms with Gasteiger partial charge in [-0.3, -0.25) is 14.6 Å². The maximum absolute atomic E-state index is 10.6. The molecule has 0 atom stereocenters. The van der Waals surface area contributed by atoms with Crippen molar-refractivity contribution in [3.63, 3.8) is 0 Å². The number of rotatable bonds is 1. The monoisotopic (exact) mass is 242 g/mol. The minimum atomic E-state index is -4.55. The Morgan fingerprint density at radius 1 is 1.56 bits per heavy atom. The van der Waals surface area contributed by atoms with Gasteiger partial charge in [0, 0.05) is 11.4 Å². The van der Waals surface area contributed by atoms with Crippen LogP contribution in [0.3, 0.4) is 0 Å². The third-order valence-corrected chi connectivity index (χ3v) is 2.60. The highest BCUT2D eigenvalue weighted by Crippen LogP contribution is 2.16. The van der Waals surface area contributed by atoms with Gasteiger partial charge in [0.1, 0.15) is 0 Å². The first-order valence-electron chi connectivity index (χ1n) is 4.29. The molecule has 9 heteroatoms. The number of nitrogens with zero attached hydrogens (tertiary/aromatic N) is 3. The highest BCUT2D eigenvalue weighted by Gasteiger charge is 2.28. The molecule has 0 spiro atoms. The van der Waals surface area contributed by atoms with Crippen LogP contribution < -0.4 is 10.6 Å². The molecule has 2 bridgehead atoms. The van der Waals surface area contributed by atoms with Crippen molar-refractivity contribution >= 4 is 28.3 Å². The van der Waals surface area contributed by atoms with Crippen LogP contribution in [0.4, 0.5) is 0 Å². The molecule has 3 rings (SSSR count). The summed E-state index contributed by atoms with van der Waals surface area (Å²) in [7, 11) is -4.55. The summed E-state index contributed by atoms with van der Waals surface area (Å²) in [5, 5.41) is 8.09. The van der Waals surface area contributed by atoms with Crippen LogP contribution in [0.5, 0.6) is 0 Å². The zero-order valence-corrected chi connectivity index (χ0v) is 8.60. The van der Waals surface area contributed by atoms with Gasteiger partial charge in [0.2, 0.25) is 0 Å². The average molecular weight is 242 g/mol. The molecule has 0 saturated heterocycles. The Morgan fingerprint density at radius 3 is 3.12 bits per heavy atom. The van der Waals surface area contributed by atoms with E-state index in [9.17, 15) is 8.42 Å². The molecule has 0 amide bonds. The molecule has 0 aromatic carbocycles. The molecule has 8 nitrogen and oxygen atoms in total. The fourth-order valence-corrected chi connectivity index (χ4v) is 1.95. The quantitative estimate of drug-likeness (QED) is 0.539. The van der Waals surface area contributed by atoms with Crippen molar-refractivity contribution in [1.82, 2.24) is 15.1 Å². The number of aromatic amines is 1. The van der Waals surface area contributed by atoms with Gasteiger partial charge in [-0.15, -0.1) is 0 Å². The largest absolute Gasteiger partial charge is 0.449 e. The van der Waals surface area contributed by atoms with Crippen LogP contribution in [-0.4, -0.2) is 40.6 Å². The van der Waals surface area contributed by atoms with Crippen LogP contribution in [0.25, 0.3) is 11.9 Å². The number of nitrogens with one attached hydrogen (secondary N) is 1. The topological polar surface area (TPSA) is 108 Å². The summed E-state index contributed by atoms with van der Waals surface area (Å²) in [6.07, 6.45) is 3.21. The van der Waals surface area contributed by atoms with Crippen molar-refractivity contribution in [2.75, 3.05) is 6.54 Å². The second-order valence-corrected chi connectivity index (χ2v) is 4.33. The first kappa shape index (κ1) is 9.36. The van der Waals surface area contributed by atoms with Crippen molar-refractivity contribution in [2.45, 2.75) is 0 Å². The Morgan fingerprint density at radius 2 is 2.38 bits per heavy atom. The van der Waals surface area contributed by atoms with Crippen molar-refractivity contribution < 1.29 is 17.2 Å². The minimum Gasteiger partial charge on any atom is -0.324 e. The Kier molecular flexibility index (Phi) is 1.66. The molecular weight excluding hydrogens is 236 g/mol. The molecule has 0 radical (unpaired) electrons. The van der Waals surface area contributed by atoms with Crippen LogP contribution in [-0.2, 0) is 14.6 Å². The number of hydrogen-bond donors (Lipinski definition) is 2. The van der Waals surface area contributed by atoms with E-state index in [0.29, 0.717) is 12.2 Å². The molecule has 0 unspecified atom stereocenters. The summed E-state index contributed by atoms with van der Waals surface area (Å²) in [5.74, 6) is 0. The summed E-state index contributed by atoms with van der Waals surface area (Å²) >= 11 is 0. The van der Waals surface area contributed by atoms with Gasteiger partial charge in [-0.25, -0.2) is 0 Å². The smallest absolute Gasteiger partial charge is 0.324 e. The standard InChI is InChI=1S/C7H6N4O4S/c12-16(13,14)15-7-9-5-2-11(7)3-6-4(5)1-8-10-6/h1,3,10H,2H2,(H,12,13,14). The normalized spacial score (nSPS) is 17.9. The van der Waals surface area contributed by atoms with E-state index < -0.39 is 10.4 Å². The van der Waals surface area contributed by atoms with Gasteiger partial charge in [-0.05, 0) is 0 Å². The summed E-state index contributed by atoms with van der Waals surface area (Å²) in [5.41, 5.74) is 0.643. The van der Waals surface area contributed by atoms with E-state index in [1.54, 1.807) is 12.4 Å². The van der Waals surface area contributed by atoms with Gasteiger partial charge in [0.15, 0.2) is 0 Å². The third-order valence-electron chi connectivity index (χ3n) is 2.24. The van der Waals surface area contributed by atoms with Gasteiger partial charge in [-0.2, -0.15) is 18.5 Å². The Labute approximate surface area is 89.5 Å². The van der Waals surface area contributed by atoms with Gasteiger partial charge in [0.05, 0.1) is 23.8 Å². The molecule has 0 saturated carbocycles. The number of H-pyrrole nitrogens is 1. The lowest BCUT2D eigenvalue weighted by molar-refractivity contribution is 0.362. The molecule has 2 aliphatic rings. The predicted octanol–water partition coefficient (Wildman–Crippen LogP) is -2.24. The molecular formula is C7H6N4O4S. The predicted molar refractivity (Wildman–Crippen MR) is 52.5 cm³/mol. The van der Waals surface area contributed by atoms with Gasteiger partial charge >= 0.3 is 16.4 Å².